The van der Waals surface area contributed by atoms with Gasteiger partial charge in [-0.1, -0.05) is 23.7 Å². The lowest BCUT2D eigenvalue weighted by atomic mass is 10.2. The van der Waals surface area contributed by atoms with Crippen molar-refractivity contribution in [3.8, 4) is 0 Å². The highest BCUT2D eigenvalue weighted by molar-refractivity contribution is 6.30. The van der Waals surface area contributed by atoms with E-state index >= 15 is 0 Å². The predicted octanol–water partition coefficient (Wildman–Crippen LogP) is 2.74. The zero-order valence-corrected chi connectivity index (χ0v) is 10.9. The summed E-state index contributed by atoms with van der Waals surface area (Å²) in [4.78, 5) is 10.5. The quantitative estimate of drug-likeness (QED) is 0.861. The maximum absolute atomic E-state index is 5.78. The Kier molecular flexibility index (Phi) is 3.99. The van der Waals surface area contributed by atoms with E-state index < -0.39 is 0 Å². The molecule has 0 unspecified atom stereocenters. The molecule has 2 aromatic rings. The van der Waals surface area contributed by atoms with E-state index in [4.69, 9.17) is 17.3 Å². The Bertz CT molecular complexity index is 495. The van der Waals surface area contributed by atoms with Gasteiger partial charge < -0.3 is 10.6 Å². The Labute approximate surface area is 111 Å². The molecule has 0 fully saturated rings. The zero-order chi connectivity index (χ0) is 13.0. The number of aromatic nitrogens is 2. The van der Waals surface area contributed by atoms with Gasteiger partial charge in [0.1, 0.15) is 0 Å². The van der Waals surface area contributed by atoms with Gasteiger partial charge >= 0.3 is 0 Å². The normalized spacial score (nSPS) is 10.3. The molecule has 1 heterocycles. The smallest absolute Gasteiger partial charge is 0.225 e. The lowest BCUT2D eigenvalue weighted by molar-refractivity contribution is 0.791. The average Bonchev–Trinajstić information content (AvgIpc) is 2.39. The zero-order valence-electron chi connectivity index (χ0n) is 10.2. The van der Waals surface area contributed by atoms with Crippen LogP contribution in [0.2, 0.25) is 5.02 Å². The van der Waals surface area contributed by atoms with Crippen LogP contribution in [-0.4, -0.2) is 16.5 Å². The molecule has 0 amide bonds. The molecule has 0 atom stereocenters. The van der Waals surface area contributed by atoms with Crippen molar-refractivity contribution < 1.29 is 0 Å². The van der Waals surface area contributed by atoms with E-state index in [1.165, 1.54) is 5.56 Å². The van der Waals surface area contributed by atoms with E-state index in [1.54, 1.807) is 12.4 Å². The van der Waals surface area contributed by atoms with E-state index in [0.717, 1.165) is 18.8 Å². The fourth-order valence-electron chi connectivity index (χ4n) is 1.64. The van der Waals surface area contributed by atoms with E-state index in [0.29, 0.717) is 11.0 Å². The van der Waals surface area contributed by atoms with Crippen LogP contribution in [0.5, 0.6) is 0 Å². The Hall–Kier alpha value is -1.81. The van der Waals surface area contributed by atoms with Crippen molar-refractivity contribution in [2.45, 2.75) is 13.5 Å². The number of nitrogens with two attached hydrogens (primary N) is 1. The molecule has 4 nitrogen and oxygen atoms in total. The number of nitrogens with zero attached hydrogens (tertiary/aromatic N) is 3. The van der Waals surface area contributed by atoms with Gasteiger partial charge in [-0.3, -0.25) is 0 Å². The monoisotopic (exact) mass is 262 g/mol. The standard InChI is InChI=1S/C13H15ClN4/c1-2-18(13-16-7-11(14)8-17-13)9-10-3-5-12(15)6-4-10/h3-8H,2,9,15H2,1H3. The molecular formula is C13H15ClN4. The van der Waals surface area contributed by atoms with Gasteiger partial charge in [-0.2, -0.15) is 0 Å². The van der Waals surface area contributed by atoms with Gasteiger partial charge in [-0.05, 0) is 24.6 Å². The first kappa shape index (κ1) is 12.6. The van der Waals surface area contributed by atoms with Crippen molar-refractivity contribution in [1.82, 2.24) is 9.97 Å². The molecule has 1 aromatic heterocycles. The van der Waals surface area contributed by atoms with Gasteiger partial charge in [0.25, 0.3) is 0 Å². The summed E-state index contributed by atoms with van der Waals surface area (Å²) in [7, 11) is 0. The van der Waals surface area contributed by atoms with Crippen molar-refractivity contribution in [1.29, 1.82) is 0 Å². The summed E-state index contributed by atoms with van der Waals surface area (Å²) >= 11 is 5.78. The minimum Gasteiger partial charge on any atom is -0.399 e. The van der Waals surface area contributed by atoms with Crippen molar-refractivity contribution in [2.24, 2.45) is 0 Å². The first-order valence-corrected chi connectivity index (χ1v) is 6.13. The number of nitrogen functional groups attached to an aromatic ring is 1. The molecule has 0 saturated carbocycles. The van der Waals surface area contributed by atoms with Crippen LogP contribution in [-0.2, 0) is 6.54 Å². The van der Waals surface area contributed by atoms with Gasteiger partial charge in [-0.25, -0.2) is 9.97 Å². The molecule has 94 valence electrons. The summed E-state index contributed by atoms with van der Waals surface area (Å²) in [6.07, 6.45) is 3.21. The van der Waals surface area contributed by atoms with Crippen molar-refractivity contribution in [2.75, 3.05) is 17.2 Å². The molecule has 2 rings (SSSR count). The lowest BCUT2D eigenvalue weighted by Gasteiger charge is -2.20. The minimum absolute atomic E-state index is 0.544. The number of anilines is 2. The Morgan fingerprint density at radius 1 is 1.17 bits per heavy atom. The van der Waals surface area contributed by atoms with Crippen LogP contribution in [0.4, 0.5) is 11.6 Å². The van der Waals surface area contributed by atoms with Crippen molar-refractivity contribution in [3.05, 3.63) is 47.2 Å². The van der Waals surface area contributed by atoms with E-state index in [9.17, 15) is 0 Å². The summed E-state index contributed by atoms with van der Waals surface area (Å²) in [6, 6.07) is 7.81. The topological polar surface area (TPSA) is 55.0 Å². The summed E-state index contributed by atoms with van der Waals surface area (Å²) in [5.41, 5.74) is 7.60. The molecule has 0 aliphatic rings. The van der Waals surface area contributed by atoms with Crippen molar-refractivity contribution >= 4 is 23.2 Å². The molecule has 0 saturated heterocycles. The summed E-state index contributed by atoms with van der Waals surface area (Å²) in [6.45, 7) is 3.64. The third-order valence-electron chi connectivity index (χ3n) is 2.62. The van der Waals surface area contributed by atoms with Gasteiger partial charge in [0.2, 0.25) is 5.95 Å². The first-order chi connectivity index (χ1) is 8.69. The molecule has 0 bridgehead atoms. The van der Waals surface area contributed by atoms with Gasteiger partial charge in [-0.15, -0.1) is 0 Å². The molecule has 5 heteroatoms. The molecule has 0 aliphatic heterocycles. The lowest BCUT2D eigenvalue weighted by Crippen LogP contribution is -2.24. The number of hydrogen-bond donors (Lipinski definition) is 1. The molecule has 0 radical (unpaired) electrons. The third-order valence-corrected chi connectivity index (χ3v) is 2.82. The first-order valence-electron chi connectivity index (χ1n) is 5.76. The van der Waals surface area contributed by atoms with E-state index in [2.05, 4.69) is 21.8 Å². The summed E-state index contributed by atoms with van der Waals surface area (Å²) in [5.74, 6) is 0.679. The fraction of sp³-hybridized carbons (Fsp3) is 0.231. The Morgan fingerprint density at radius 3 is 2.33 bits per heavy atom. The van der Waals surface area contributed by atoms with Gasteiger partial charge in [0.05, 0.1) is 17.4 Å². The van der Waals surface area contributed by atoms with E-state index in [-0.39, 0.29) is 0 Å². The van der Waals surface area contributed by atoms with Gasteiger partial charge in [0, 0.05) is 18.8 Å². The summed E-state index contributed by atoms with van der Waals surface area (Å²) < 4.78 is 0. The minimum atomic E-state index is 0.544. The fourth-order valence-corrected chi connectivity index (χ4v) is 1.73. The van der Waals surface area contributed by atoms with Crippen LogP contribution in [0.15, 0.2) is 36.7 Å². The molecule has 18 heavy (non-hydrogen) atoms. The second-order valence-corrected chi connectivity index (χ2v) is 4.39. The van der Waals surface area contributed by atoms with E-state index in [1.807, 2.05) is 24.3 Å². The maximum atomic E-state index is 5.78. The third kappa shape index (κ3) is 3.11. The SMILES string of the molecule is CCN(Cc1ccc(N)cc1)c1ncc(Cl)cn1. The van der Waals surface area contributed by atoms with Crippen LogP contribution >= 0.6 is 11.6 Å². The second kappa shape index (κ2) is 5.69. The number of hydrogen-bond acceptors (Lipinski definition) is 4. The highest BCUT2D eigenvalue weighted by Gasteiger charge is 2.07. The highest BCUT2D eigenvalue weighted by Crippen LogP contribution is 2.14. The maximum Gasteiger partial charge on any atom is 0.225 e. The Balaban J connectivity index is 2.14. The molecular weight excluding hydrogens is 248 g/mol. The number of benzene rings is 1. The highest BCUT2D eigenvalue weighted by atomic mass is 35.5. The van der Waals surface area contributed by atoms with Crippen LogP contribution in [0.25, 0.3) is 0 Å². The molecule has 2 N–H and O–H groups in total. The van der Waals surface area contributed by atoms with Crippen LogP contribution in [0.3, 0.4) is 0 Å². The summed E-state index contributed by atoms with van der Waals surface area (Å²) in [5, 5.41) is 0.544. The number of rotatable bonds is 4. The molecule has 0 aliphatic carbocycles. The van der Waals surface area contributed by atoms with Crippen molar-refractivity contribution in [3.63, 3.8) is 0 Å². The van der Waals surface area contributed by atoms with Gasteiger partial charge in [0.15, 0.2) is 0 Å². The van der Waals surface area contributed by atoms with Crippen LogP contribution in [0.1, 0.15) is 12.5 Å². The average molecular weight is 263 g/mol. The second-order valence-electron chi connectivity index (χ2n) is 3.96. The molecule has 0 spiro atoms. The van der Waals surface area contributed by atoms with Crippen LogP contribution in [0, 0.1) is 0 Å². The predicted molar refractivity (Wildman–Crippen MR) is 74.6 cm³/mol. The molecule has 1 aromatic carbocycles. The largest absolute Gasteiger partial charge is 0.399 e. The Morgan fingerprint density at radius 2 is 1.78 bits per heavy atom. The number of halogens is 1. The van der Waals surface area contributed by atoms with Crippen LogP contribution < -0.4 is 10.6 Å².